The standard InChI is InChI=1S/C11H18BPSi/c1-13(2,12)10-14(3,4)11-8-6-5-7-9-11/h5-10H,1-4H3/q-1. The van der Waals surface area contributed by atoms with Crippen LogP contribution in [0.15, 0.2) is 30.3 Å². The predicted octanol–water partition coefficient (Wildman–Crippen LogP) is 2.66. The SMILES string of the molecule is [B-][P+](C)(C)[CH-][Si](C)(C)c1ccccc1. The zero-order valence-electron chi connectivity index (χ0n) is 9.49. The van der Waals surface area contributed by atoms with Gasteiger partial charge in [0.2, 0.25) is 0 Å². The van der Waals surface area contributed by atoms with E-state index in [0.29, 0.717) is 0 Å². The second-order valence-corrected chi connectivity index (χ2v) is 13.2. The van der Waals surface area contributed by atoms with Crippen LogP contribution in [0.1, 0.15) is 0 Å². The zero-order valence-corrected chi connectivity index (χ0v) is 11.4. The summed E-state index contributed by atoms with van der Waals surface area (Å²) in [6, 6.07) is 10.7. The third-order valence-electron chi connectivity index (χ3n) is 2.17. The molecular weight excluding hydrogens is 202 g/mol. The molecule has 3 heteroatoms. The van der Waals surface area contributed by atoms with Gasteiger partial charge < -0.3 is 14.7 Å². The molecule has 0 fully saturated rings. The van der Waals surface area contributed by atoms with Crippen molar-refractivity contribution in [1.82, 2.24) is 0 Å². The lowest BCUT2D eigenvalue weighted by molar-refractivity contribution is 1.70. The van der Waals surface area contributed by atoms with E-state index >= 15 is 0 Å². The summed E-state index contributed by atoms with van der Waals surface area (Å²) >= 11 is 0. The first-order valence-electron chi connectivity index (χ1n) is 4.86. The van der Waals surface area contributed by atoms with Gasteiger partial charge in [0.15, 0.2) is 0 Å². The summed E-state index contributed by atoms with van der Waals surface area (Å²) in [5.41, 5.74) is 0. The first-order valence-corrected chi connectivity index (χ1v) is 10.8. The van der Waals surface area contributed by atoms with Gasteiger partial charge in [0, 0.05) is 0 Å². The first-order chi connectivity index (χ1) is 6.31. The molecule has 0 nitrogen and oxygen atoms in total. The van der Waals surface area contributed by atoms with E-state index in [-0.39, 0.29) is 0 Å². The molecule has 0 saturated heterocycles. The molecule has 1 aromatic rings. The molecular formula is C11H18BPSi-. The highest BCUT2D eigenvalue weighted by atomic mass is 31.2. The fourth-order valence-corrected chi connectivity index (χ4v) is 10.1. The molecule has 0 atom stereocenters. The molecule has 0 spiro atoms. The van der Waals surface area contributed by atoms with Gasteiger partial charge in [-0.15, -0.1) is 0 Å². The van der Waals surface area contributed by atoms with Gasteiger partial charge in [-0.2, -0.15) is 0 Å². The second kappa shape index (κ2) is 4.20. The average molecular weight is 220 g/mol. The maximum Gasteiger partial charge on any atom is -0.0245 e. The molecule has 0 aliphatic carbocycles. The number of rotatable bonds is 3. The van der Waals surface area contributed by atoms with Gasteiger partial charge in [0.25, 0.3) is 0 Å². The normalized spacial score (nSPS) is 12.9. The van der Waals surface area contributed by atoms with Crippen LogP contribution in [0, 0.1) is 5.79 Å². The molecule has 3 radical (unpaired) electrons. The highest BCUT2D eigenvalue weighted by Crippen LogP contribution is 2.51. The van der Waals surface area contributed by atoms with Gasteiger partial charge in [-0.25, -0.2) is 5.79 Å². The van der Waals surface area contributed by atoms with Crippen LogP contribution in [0.3, 0.4) is 0 Å². The molecule has 0 heterocycles. The highest BCUT2D eigenvalue weighted by molar-refractivity contribution is 7.99. The Morgan fingerprint density at radius 2 is 1.64 bits per heavy atom. The van der Waals surface area contributed by atoms with Crippen LogP contribution in [0.25, 0.3) is 0 Å². The van der Waals surface area contributed by atoms with E-state index in [2.05, 4.69) is 62.5 Å². The van der Waals surface area contributed by atoms with Crippen LogP contribution in [0.4, 0.5) is 0 Å². The van der Waals surface area contributed by atoms with E-state index in [9.17, 15) is 0 Å². The molecule has 0 aliphatic heterocycles. The molecule has 0 saturated carbocycles. The van der Waals surface area contributed by atoms with E-state index < -0.39 is 15.2 Å². The summed E-state index contributed by atoms with van der Waals surface area (Å²) in [4.78, 5) is 0. The summed E-state index contributed by atoms with van der Waals surface area (Å²) in [6.07, 6.45) is 0. The highest BCUT2D eigenvalue weighted by Gasteiger charge is 2.17. The third-order valence-corrected chi connectivity index (χ3v) is 9.24. The lowest BCUT2D eigenvalue weighted by atomic mass is 10.4. The molecule has 0 aromatic heterocycles. The monoisotopic (exact) mass is 220 g/mol. The van der Waals surface area contributed by atoms with Crippen LogP contribution < -0.4 is 5.19 Å². The van der Waals surface area contributed by atoms with Gasteiger partial charge in [-0.3, -0.25) is 0 Å². The van der Waals surface area contributed by atoms with Gasteiger partial charge in [0.1, 0.15) is 0 Å². The summed E-state index contributed by atoms with van der Waals surface area (Å²) in [5.74, 6) is 2.44. The molecule has 0 bridgehead atoms. The van der Waals surface area contributed by atoms with Crippen molar-refractivity contribution in [2.75, 3.05) is 13.3 Å². The van der Waals surface area contributed by atoms with Crippen LogP contribution in [0.5, 0.6) is 0 Å². The van der Waals surface area contributed by atoms with Crippen LogP contribution in [-0.4, -0.2) is 29.0 Å². The minimum absolute atomic E-state index is 1.27. The van der Waals surface area contributed by atoms with E-state index in [1.54, 1.807) is 0 Å². The van der Waals surface area contributed by atoms with E-state index in [1.165, 1.54) is 5.19 Å². The molecule has 0 unspecified atom stereocenters. The minimum Gasteiger partial charge on any atom is -0.389 e. The lowest BCUT2D eigenvalue weighted by Gasteiger charge is -2.47. The van der Waals surface area contributed by atoms with Gasteiger partial charge in [-0.1, -0.05) is 48.6 Å². The lowest BCUT2D eigenvalue weighted by Crippen LogP contribution is -2.42. The Morgan fingerprint density at radius 3 is 2.07 bits per heavy atom. The Labute approximate surface area is 90.8 Å². The molecule has 0 aliphatic rings. The number of hydrogen-bond acceptors (Lipinski definition) is 0. The first kappa shape index (κ1) is 12.0. The summed E-state index contributed by atoms with van der Waals surface area (Å²) < 4.78 is 0. The predicted molar refractivity (Wildman–Crippen MR) is 72.4 cm³/mol. The van der Waals surface area contributed by atoms with Crippen molar-refractivity contribution in [3.05, 3.63) is 36.1 Å². The maximum atomic E-state index is 6.15. The largest absolute Gasteiger partial charge is 0.389 e. The van der Waals surface area contributed by atoms with Crippen molar-refractivity contribution in [2.24, 2.45) is 0 Å². The van der Waals surface area contributed by atoms with E-state index in [4.69, 9.17) is 7.57 Å². The van der Waals surface area contributed by atoms with Gasteiger partial charge in [-0.05, 0) is 21.4 Å². The Morgan fingerprint density at radius 1 is 1.14 bits per heavy atom. The summed E-state index contributed by atoms with van der Waals surface area (Å²) in [5, 5.41) is 1.47. The maximum absolute atomic E-state index is 6.15. The van der Waals surface area contributed by atoms with Crippen molar-refractivity contribution >= 4 is 28.0 Å². The summed E-state index contributed by atoms with van der Waals surface area (Å²) in [6.45, 7) is 9.06. The van der Waals surface area contributed by atoms with E-state index in [1.807, 2.05) is 0 Å². The Kier molecular flexibility index (Phi) is 3.60. The Hall–Kier alpha value is -0.0682. The molecule has 1 rings (SSSR count). The fourth-order valence-electron chi connectivity index (χ4n) is 1.77. The quantitative estimate of drug-likeness (QED) is 0.417. The Bertz CT molecular complexity index is 290. The van der Waals surface area contributed by atoms with Crippen LogP contribution >= 0.6 is 7.14 Å². The summed E-state index contributed by atoms with van der Waals surface area (Å²) in [7, 11) is 3.47. The van der Waals surface area contributed by atoms with Crippen molar-refractivity contribution in [1.29, 1.82) is 0 Å². The molecule has 75 valence electrons. The number of benzene rings is 1. The minimum atomic E-state index is -1.42. The molecule has 0 amide bonds. The van der Waals surface area contributed by atoms with Crippen molar-refractivity contribution in [3.63, 3.8) is 0 Å². The van der Waals surface area contributed by atoms with Crippen molar-refractivity contribution in [2.45, 2.75) is 13.1 Å². The van der Waals surface area contributed by atoms with E-state index in [0.717, 1.165) is 0 Å². The van der Waals surface area contributed by atoms with Crippen molar-refractivity contribution in [3.8, 4) is 0 Å². The molecule has 0 N–H and O–H groups in total. The van der Waals surface area contributed by atoms with Crippen LogP contribution in [-0.2, 0) is 0 Å². The Balaban J connectivity index is 2.86. The van der Waals surface area contributed by atoms with Gasteiger partial charge >= 0.3 is 0 Å². The van der Waals surface area contributed by atoms with Crippen LogP contribution in [0.2, 0.25) is 13.1 Å². The van der Waals surface area contributed by atoms with Gasteiger partial charge in [0.05, 0.1) is 0 Å². The third kappa shape index (κ3) is 3.59. The topological polar surface area (TPSA) is 0 Å². The second-order valence-electron chi connectivity index (χ2n) is 4.85. The fraction of sp³-hybridized carbons (Fsp3) is 0.364. The van der Waals surface area contributed by atoms with Crippen molar-refractivity contribution < 1.29 is 0 Å². The average Bonchev–Trinajstić information content (AvgIpc) is 2.01. The molecule has 14 heavy (non-hydrogen) atoms. The molecule has 1 aromatic carbocycles. The smallest absolute Gasteiger partial charge is 0.0245 e. The number of hydrogen-bond donors (Lipinski definition) is 0. The zero-order chi connectivity index (χ0) is 10.8.